The molecule has 0 saturated carbocycles. The SMILES string of the molecule is COC(=O)c1cc(O)ccc1C(C)(C)C. The van der Waals surface area contributed by atoms with E-state index in [1.54, 1.807) is 12.1 Å². The third-order valence-electron chi connectivity index (χ3n) is 2.22. The van der Waals surface area contributed by atoms with Crippen LogP contribution in [0.5, 0.6) is 5.75 Å². The fourth-order valence-electron chi connectivity index (χ4n) is 1.47. The van der Waals surface area contributed by atoms with E-state index >= 15 is 0 Å². The molecule has 0 saturated heterocycles. The number of phenolic OH excluding ortho intramolecular Hbond substituents is 1. The van der Waals surface area contributed by atoms with Gasteiger partial charge in [0.2, 0.25) is 0 Å². The van der Waals surface area contributed by atoms with E-state index < -0.39 is 5.97 Å². The zero-order valence-electron chi connectivity index (χ0n) is 9.50. The molecule has 0 heterocycles. The maximum Gasteiger partial charge on any atom is 0.338 e. The van der Waals surface area contributed by atoms with Crippen LogP contribution in [-0.2, 0) is 10.2 Å². The van der Waals surface area contributed by atoms with Crippen LogP contribution in [0.2, 0.25) is 0 Å². The lowest BCUT2D eigenvalue weighted by Gasteiger charge is -2.21. The van der Waals surface area contributed by atoms with Gasteiger partial charge in [-0.25, -0.2) is 4.79 Å². The predicted octanol–water partition coefficient (Wildman–Crippen LogP) is 2.48. The maximum atomic E-state index is 11.5. The zero-order valence-corrected chi connectivity index (χ0v) is 9.50. The monoisotopic (exact) mass is 208 g/mol. The van der Waals surface area contributed by atoms with Crippen LogP contribution in [0.4, 0.5) is 0 Å². The van der Waals surface area contributed by atoms with Gasteiger partial charge in [0.15, 0.2) is 0 Å². The van der Waals surface area contributed by atoms with Crippen LogP contribution in [0.15, 0.2) is 18.2 Å². The van der Waals surface area contributed by atoms with Gasteiger partial charge in [-0.2, -0.15) is 0 Å². The van der Waals surface area contributed by atoms with Crippen molar-refractivity contribution in [3.05, 3.63) is 29.3 Å². The topological polar surface area (TPSA) is 46.5 Å². The van der Waals surface area contributed by atoms with Gasteiger partial charge in [-0.3, -0.25) is 0 Å². The van der Waals surface area contributed by atoms with Crippen LogP contribution in [0.3, 0.4) is 0 Å². The molecule has 0 aliphatic carbocycles. The highest BCUT2D eigenvalue weighted by molar-refractivity contribution is 5.91. The molecule has 0 bridgehead atoms. The molecule has 82 valence electrons. The number of aromatic hydroxyl groups is 1. The van der Waals surface area contributed by atoms with E-state index in [1.165, 1.54) is 13.2 Å². The normalized spacial score (nSPS) is 11.2. The second kappa shape index (κ2) is 3.93. The number of phenols is 1. The molecule has 1 rings (SSSR count). The molecule has 3 nitrogen and oxygen atoms in total. The third kappa shape index (κ3) is 2.49. The molecule has 0 aliphatic heterocycles. The Morgan fingerprint density at radius 3 is 2.40 bits per heavy atom. The van der Waals surface area contributed by atoms with Gasteiger partial charge in [-0.05, 0) is 23.1 Å². The Morgan fingerprint density at radius 1 is 1.33 bits per heavy atom. The van der Waals surface area contributed by atoms with Crippen LogP contribution in [0, 0.1) is 0 Å². The maximum absolute atomic E-state index is 11.5. The van der Waals surface area contributed by atoms with E-state index in [0.29, 0.717) is 5.56 Å². The summed E-state index contributed by atoms with van der Waals surface area (Å²) < 4.78 is 4.68. The molecule has 1 aromatic carbocycles. The number of carbonyl (C=O) groups excluding carboxylic acids is 1. The quantitative estimate of drug-likeness (QED) is 0.721. The Bertz CT molecular complexity index is 375. The summed E-state index contributed by atoms with van der Waals surface area (Å²) in [4.78, 5) is 11.5. The average molecular weight is 208 g/mol. The summed E-state index contributed by atoms with van der Waals surface area (Å²) in [7, 11) is 1.33. The van der Waals surface area contributed by atoms with Gasteiger partial charge in [-0.15, -0.1) is 0 Å². The number of carbonyl (C=O) groups is 1. The number of ether oxygens (including phenoxy) is 1. The van der Waals surface area contributed by atoms with Gasteiger partial charge in [0, 0.05) is 0 Å². The van der Waals surface area contributed by atoms with Gasteiger partial charge < -0.3 is 9.84 Å². The largest absolute Gasteiger partial charge is 0.508 e. The van der Waals surface area contributed by atoms with E-state index in [9.17, 15) is 9.90 Å². The molecule has 1 aromatic rings. The summed E-state index contributed by atoms with van der Waals surface area (Å²) >= 11 is 0. The number of esters is 1. The van der Waals surface area contributed by atoms with Crippen LogP contribution in [0.1, 0.15) is 36.7 Å². The van der Waals surface area contributed by atoms with Crippen molar-refractivity contribution >= 4 is 5.97 Å². The van der Waals surface area contributed by atoms with Gasteiger partial charge in [0.1, 0.15) is 5.75 Å². The van der Waals surface area contributed by atoms with Gasteiger partial charge >= 0.3 is 5.97 Å². The number of methoxy groups -OCH3 is 1. The van der Waals surface area contributed by atoms with E-state index in [2.05, 4.69) is 4.74 Å². The first kappa shape index (κ1) is 11.6. The molecular weight excluding hydrogens is 192 g/mol. The van der Waals surface area contributed by atoms with Crippen molar-refractivity contribution in [2.45, 2.75) is 26.2 Å². The number of benzene rings is 1. The highest BCUT2D eigenvalue weighted by atomic mass is 16.5. The van der Waals surface area contributed by atoms with Crippen molar-refractivity contribution < 1.29 is 14.6 Å². The standard InChI is InChI=1S/C12H16O3/c1-12(2,3)10-6-5-8(13)7-9(10)11(14)15-4/h5-7,13H,1-4H3. The van der Waals surface area contributed by atoms with E-state index in [4.69, 9.17) is 0 Å². The van der Waals surface area contributed by atoms with Gasteiger partial charge in [0.05, 0.1) is 12.7 Å². The second-order valence-corrected chi connectivity index (χ2v) is 4.47. The van der Waals surface area contributed by atoms with Crippen LogP contribution in [-0.4, -0.2) is 18.2 Å². The summed E-state index contributed by atoms with van der Waals surface area (Å²) in [6, 6.07) is 4.76. The lowest BCUT2D eigenvalue weighted by molar-refractivity contribution is 0.0597. The second-order valence-electron chi connectivity index (χ2n) is 4.47. The molecule has 3 heteroatoms. The number of rotatable bonds is 1. The molecule has 0 spiro atoms. The Morgan fingerprint density at radius 2 is 1.93 bits per heavy atom. The Kier molecular flexibility index (Phi) is 3.03. The molecule has 0 aromatic heterocycles. The van der Waals surface area contributed by atoms with Crippen LogP contribution in [0.25, 0.3) is 0 Å². The molecule has 0 amide bonds. The van der Waals surface area contributed by atoms with Crippen LogP contribution < -0.4 is 0 Å². The summed E-state index contributed by atoms with van der Waals surface area (Å²) in [5, 5.41) is 9.34. The number of hydrogen-bond acceptors (Lipinski definition) is 3. The summed E-state index contributed by atoms with van der Waals surface area (Å²) in [6.45, 7) is 6.02. The van der Waals surface area contributed by atoms with Gasteiger partial charge in [0.25, 0.3) is 0 Å². The molecule has 0 aliphatic rings. The first-order valence-corrected chi connectivity index (χ1v) is 4.78. The van der Waals surface area contributed by atoms with Crippen LogP contribution >= 0.6 is 0 Å². The van der Waals surface area contributed by atoms with Crippen molar-refractivity contribution in [3.63, 3.8) is 0 Å². The van der Waals surface area contributed by atoms with E-state index in [-0.39, 0.29) is 11.2 Å². The summed E-state index contributed by atoms with van der Waals surface area (Å²) in [5.41, 5.74) is 1.13. The highest BCUT2D eigenvalue weighted by Crippen LogP contribution is 2.28. The highest BCUT2D eigenvalue weighted by Gasteiger charge is 2.22. The van der Waals surface area contributed by atoms with Crippen molar-refractivity contribution in [1.29, 1.82) is 0 Å². The zero-order chi connectivity index (χ0) is 11.6. The minimum absolute atomic E-state index is 0.0726. The van der Waals surface area contributed by atoms with E-state index in [1.807, 2.05) is 20.8 Å². The first-order valence-electron chi connectivity index (χ1n) is 4.78. The summed E-state index contributed by atoms with van der Waals surface area (Å²) in [5.74, 6) is -0.348. The smallest absolute Gasteiger partial charge is 0.338 e. The fraction of sp³-hybridized carbons (Fsp3) is 0.417. The third-order valence-corrected chi connectivity index (χ3v) is 2.22. The Labute approximate surface area is 89.7 Å². The van der Waals surface area contributed by atoms with Crippen molar-refractivity contribution in [3.8, 4) is 5.75 Å². The molecular formula is C12H16O3. The van der Waals surface area contributed by atoms with E-state index in [0.717, 1.165) is 5.56 Å². The Hall–Kier alpha value is -1.51. The lowest BCUT2D eigenvalue weighted by Crippen LogP contribution is -2.17. The van der Waals surface area contributed by atoms with Gasteiger partial charge in [-0.1, -0.05) is 26.8 Å². The average Bonchev–Trinajstić information content (AvgIpc) is 2.14. The summed E-state index contributed by atoms with van der Waals surface area (Å²) in [6.07, 6.45) is 0. The number of hydrogen-bond donors (Lipinski definition) is 1. The van der Waals surface area contributed by atoms with Crippen molar-refractivity contribution in [2.75, 3.05) is 7.11 Å². The molecule has 0 atom stereocenters. The molecule has 1 N–H and O–H groups in total. The molecule has 0 radical (unpaired) electrons. The molecule has 0 unspecified atom stereocenters. The lowest BCUT2D eigenvalue weighted by atomic mass is 9.83. The molecule has 15 heavy (non-hydrogen) atoms. The molecule has 0 fully saturated rings. The van der Waals surface area contributed by atoms with Crippen molar-refractivity contribution in [1.82, 2.24) is 0 Å². The Balaban J connectivity index is 3.33. The van der Waals surface area contributed by atoms with Crippen molar-refractivity contribution in [2.24, 2.45) is 0 Å². The minimum atomic E-state index is -0.421. The predicted molar refractivity (Wildman–Crippen MR) is 58.1 cm³/mol. The fourth-order valence-corrected chi connectivity index (χ4v) is 1.47. The minimum Gasteiger partial charge on any atom is -0.508 e. The first-order chi connectivity index (χ1) is 6.86.